The van der Waals surface area contributed by atoms with Gasteiger partial charge in [0.2, 0.25) is 0 Å². The molecule has 25 heavy (non-hydrogen) atoms. The highest BCUT2D eigenvalue weighted by atomic mass is 28.3. The molecule has 0 bridgehead atoms. The first-order chi connectivity index (χ1) is 12.3. The van der Waals surface area contributed by atoms with E-state index in [9.17, 15) is 0 Å². The van der Waals surface area contributed by atoms with E-state index in [1.165, 1.54) is 109 Å². The van der Waals surface area contributed by atoms with Crippen molar-refractivity contribution in [2.75, 3.05) is 0 Å². The lowest BCUT2D eigenvalue weighted by atomic mass is 10.0. The van der Waals surface area contributed by atoms with E-state index >= 15 is 0 Å². The van der Waals surface area contributed by atoms with Crippen LogP contribution in [0.3, 0.4) is 0 Å². The molecule has 0 N–H and O–H groups in total. The fraction of sp³-hybridized carbons (Fsp3) is 1.00. The molecule has 0 saturated carbocycles. The molecule has 0 aliphatic carbocycles. The van der Waals surface area contributed by atoms with Gasteiger partial charge in [-0.3, -0.25) is 0 Å². The molecule has 0 saturated heterocycles. The Morgan fingerprint density at radius 2 is 0.640 bits per heavy atom. The maximum Gasteiger partial charge on any atom is 0.0367 e. The minimum Gasteiger partial charge on any atom is -0.0657 e. The van der Waals surface area contributed by atoms with Crippen LogP contribution >= 0.6 is 0 Å². The molecule has 0 heterocycles. The van der Waals surface area contributed by atoms with Crippen molar-refractivity contribution in [3.05, 3.63) is 0 Å². The minimum absolute atomic E-state index is 0.327. The Morgan fingerprint density at radius 3 is 0.960 bits per heavy atom. The molecule has 152 valence electrons. The van der Waals surface area contributed by atoms with Crippen LogP contribution in [-0.4, -0.2) is 8.80 Å². The van der Waals surface area contributed by atoms with Gasteiger partial charge in [-0.2, -0.15) is 0 Å². The zero-order valence-corrected chi connectivity index (χ0v) is 19.6. The van der Waals surface area contributed by atoms with Gasteiger partial charge in [-0.05, 0) is 0 Å². The van der Waals surface area contributed by atoms with E-state index < -0.39 is 0 Å². The maximum absolute atomic E-state index is 2.38. The van der Waals surface area contributed by atoms with E-state index in [-0.39, 0.29) is 8.80 Å². The molecule has 0 radical (unpaired) electrons. The van der Waals surface area contributed by atoms with Crippen LogP contribution in [0.5, 0.6) is 0 Å². The molecular formula is C24H52Si. The Morgan fingerprint density at radius 1 is 0.320 bits per heavy atom. The van der Waals surface area contributed by atoms with Crippen molar-refractivity contribution >= 4 is 8.80 Å². The van der Waals surface area contributed by atoms with Gasteiger partial charge in [-0.1, -0.05) is 154 Å². The fourth-order valence-corrected chi connectivity index (χ4v) is 7.60. The van der Waals surface area contributed by atoms with Gasteiger partial charge in [0.1, 0.15) is 0 Å². The fourth-order valence-electron chi connectivity index (χ4n) is 4.23. The van der Waals surface area contributed by atoms with Crippen LogP contribution in [0.15, 0.2) is 0 Å². The summed E-state index contributed by atoms with van der Waals surface area (Å²) in [5.74, 6) is 0. The summed E-state index contributed by atoms with van der Waals surface area (Å²) in [5, 5.41) is 0. The van der Waals surface area contributed by atoms with Crippen LogP contribution in [0.1, 0.15) is 136 Å². The Hall–Kier alpha value is 0.217. The normalized spacial score (nSPS) is 11.5. The van der Waals surface area contributed by atoms with Crippen molar-refractivity contribution in [3.8, 4) is 0 Å². The second-order valence-electron chi connectivity index (χ2n) is 8.54. The molecule has 0 fully saturated rings. The average molecular weight is 369 g/mol. The van der Waals surface area contributed by atoms with Gasteiger partial charge in [-0.25, -0.2) is 0 Å². The highest BCUT2D eigenvalue weighted by Crippen LogP contribution is 2.17. The monoisotopic (exact) mass is 368 g/mol. The molecule has 0 aromatic carbocycles. The largest absolute Gasteiger partial charge is 0.0657 e. The molecule has 1 heteroatoms. The zero-order chi connectivity index (χ0) is 18.4. The summed E-state index contributed by atoms with van der Waals surface area (Å²) in [5.41, 5.74) is 0. The summed E-state index contributed by atoms with van der Waals surface area (Å²) in [6.07, 6.45) is 26.7. The molecule has 0 spiro atoms. The lowest BCUT2D eigenvalue weighted by molar-refractivity contribution is 0.531. The third-order valence-electron chi connectivity index (χ3n) is 5.86. The summed E-state index contributed by atoms with van der Waals surface area (Å²) in [6, 6.07) is 4.85. The van der Waals surface area contributed by atoms with Gasteiger partial charge < -0.3 is 0 Å². The summed E-state index contributed by atoms with van der Waals surface area (Å²) in [7, 11) is -0.327. The predicted octanol–water partition coefficient (Wildman–Crippen LogP) is 9.29. The quantitative estimate of drug-likeness (QED) is 0.140. The second-order valence-corrected chi connectivity index (χ2v) is 12.0. The van der Waals surface area contributed by atoms with Gasteiger partial charge in [0, 0.05) is 8.80 Å². The molecule has 0 atom stereocenters. The van der Waals surface area contributed by atoms with Crippen LogP contribution in [0.2, 0.25) is 18.1 Å². The highest BCUT2D eigenvalue weighted by Gasteiger charge is 2.07. The van der Waals surface area contributed by atoms with Gasteiger partial charge in [0.05, 0.1) is 0 Å². The molecule has 0 aliphatic heterocycles. The third-order valence-corrected chi connectivity index (χ3v) is 9.87. The Kier molecular flexibility index (Phi) is 22.5. The van der Waals surface area contributed by atoms with E-state index in [0.29, 0.717) is 0 Å². The maximum atomic E-state index is 2.38. The van der Waals surface area contributed by atoms with Crippen LogP contribution < -0.4 is 0 Å². The smallest absolute Gasteiger partial charge is 0.0367 e. The van der Waals surface area contributed by atoms with Crippen molar-refractivity contribution in [3.63, 3.8) is 0 Å². The molecule has 0 amide bonds. The third kappa shape index (κ3) is 20.4. The molecule has 0 aromatic heterocycles. The molecule has 0 aromatic rings. The van der Waals surface area contributed by atoms with Crippen LogP contribution in [0.4, 0.5) is 0 Å². The number of rotatable bonds is 21. The van der Waals surface area contributed by atoms with Gasteiger partial charge in [0.25, 0.3) is 0 Å². The first kappa shape index (κ1) is 25.2. The van der Waals surface area contributed by atoms with Gasteiger partial charge in [-0.15, -0.1) is 0 Å². The van der Waals surface area contributed by atoms with E-state index in [2.05, 4.69) is 20.8 Å². The van der Waals surface area contributed by atoms with Crippen LogP contribution in [0, 0.1) is 0 Å². The van der Waals surface area contributed by atoms with Crippen molar-refractivity contribution in [2.45, 2.75) is 154 Å². The summed E-state index contributed by atoms with van der Waals surface area (Å²) in [4.78, 5) is 0. The molecular weight excluding hydrogens is 316 g/mol. The van der Waals surface area contributed by atoms with E-state index in [0.717, 1.165) is 0 Å². The SMILES string of the molecule is CCCCCCCCCCCCCCCCCC[SiH](CCC)CCC. The van der Waals surface area contributed by atoms with Crippen LogP contribution in [-0.2, 0) is 0 Å². The molecule has 0 unspecified atom stereocenters. The van der Waals surface area contributed by atoms with Crippen molar-refractivity contribution < 1.29 is 0 Å². The average Bonchev–Trinajstić information content (AvgIpc) is 2.61. The van der Waals surface area contributed by atoms with Crippen molar-refractivity contribution in [2.24, 2.45) is 0 Å². The number of hydrogen-bond acceptors (Lipinski definition) is 0. The van der Waals surface area contributed by atoms with E-state index in [1.54, 1.807) is 24.6 Å². The highest BCUT2D eigenvalue weighted by molar-refractivity contribution is 6.58. The van der Waals surface area contributed by atoms with Crippen molar-refractivity contribution in [1.29, 1.82) is 0 Å². The van der Waals surface area contributed by atoms with Gasteiger partial charge in [0.15, 0.2) is 0 Å². The topological polar surface area (TPSA) is 0 Å². The molecule has 0 aliphatic rings. The Balaban J connectivity index is 3.13. The number of unbranched alkanes of at least 4 members (excludes halogenated alkanes) is 15. The predicted molar refractivity (Wildman–Crippen MR) is 122 cm³/mol. The summed E-state index contributed by atoms with van der Waals surface area (Å²) in [6.45, 7) is 7.06. The minimum atomic E-state index is -0.327. The lowest BCUT2D eigenvalue weighted by Crippen LogP contribution is -2.10. The molecule has 0 rings (SSSR count). The Bertz CT molecular complexity index is 220. The van der Waals surface area contributed by atoms with E-state index in [1.807, 2.05) is 0 Å². The van der Waals surface area contributed by atoms with Crippen molar-refractivity contribution in [1.82, 2.24) is 0 Å². The molecule has 0 nitrogen and oxygen atoms in total. The number of hydrogen-bond donors (Lipinski definition) is 0. The second kappa shape index (κ2) is 22.3. The first-order valence-electron chi connectivity index (χ1n) is 12.3. The summed E-state index contributed by atoms with van der Waals surface area (Å²) >= 11 is 0. The lowest BCUT2D eigenvalue weighted by Gasteiger charge is -2.13. The first-order valence-corrected chi connectivity index (χ1v) is 14.8. The standard InChI is InChI=1S/C24H52Si/c1-4-7-8-9-10-11-12-13-14-15-16-17-18-19-20-21-24-25(22-5-2)23-6-3/h25H,4-24H2,1-3H3. The summed E-state index contributed by atoms with van der Waals surface area (Å²) < 4.78 is 0. The van der Waals surface area contributed by atoms with Crippen LogP contribution in [0.25, 0.3) is 0 Å². The Labute approximate surface area is 163 Å². The van der Waals surface area contributed by atoms with Gasteiger partial charge >= 0.3 is 0 Å². The zero-order valence-electron chi connectivity index (χ0n) is 18.4. The van der Waals surface area contributed by atoms with E-state index in [4.69, 9.17) is 0 Å².